The fourth-order valence-electron chi connectivity index (χ4n) is 3.91. The molecule has 1 aromatic carbocycles. The molecule has 1 amide bonds. The quantitative estimate of drug-likeness (QED) is 0.930. The number of primary amides is 1. The van der Waals surface area contributed by atoms with E-state index in [-0.39, 0.29) is 11.8 Å². The largest absolute Gasteiger partial charge is 0.369 e. The van der Waals surface area contributed by atoms with Crippen LogP contribution in [0, 0.1) is 5.92 Å². The Kier molecular flexibility index (Phi) is 4.37. The van der Waals surface area contributed by atoms with Crippen molar-refractivity contribution in [1.29, 1.82) is 0 Å². The maximum atomic E-state index is 11.3. The monoisotopic (exact) mass is 341 g/mol. The smallest absolute Gasteiger partial charge is 0.221 e. The van der Waals surface area contributed by atoms with Gasteiger partial charge in [-0.15, -0.1) is 11.3 Å². The predicted molar refractivity (Wildman–Crippen MR) is 95.9 cm³/mol. The van der Waals surface area contributed by atoms with Gasteiger partial charge >= 0.3 is 0 Å². The van der Waals surface area contributed by atoms with Crippen LogP contribution in [0.3, 0.4) is 0 Å². The van der Waals surface area contributed by atoms with E-state index >= 15 is 0 Å². The molecule has 1 aliphatic heterocycles. The third kappa shape index (κ3) is 3.23. The molecule has 2 N–H and O–H groups in total. The van der Waals surface area contributed by atoms with Crippen molar-refractivity contribution in [2.45, 2.75) is 38.1 Å². The molecule has 1 aromatic heterocycles. The topological polar surface area (TPSA) is 59.2 Å². The van der Waals surface area contributed by atoms with Crippen LogP contribution in [0.5, 0.6) is 0 Å². The van der Waals surface area contributed by atoms with E-state index in [2.05, 4.69) is 35.2 Å². The molecule has 24 heavy (non-hydrogen) atoms. The molecule has 1 fully saturated rings. The van der Waals surface area contributed by atoms with Gasteiger partial charge in [-0.2, -0.15) is 0 Å². The molecule has 2 aromatic rings. The van der Waals surface area contributed by atoms with Gasteiger partial charge in [0.05, 0.1) is 18.2 Å². The Bertz CT molecular complexity index is 727. The Labute approximate surface area is 146 Å². The van der Waals surface area contributed by atoms with Crippen molar-refractivity contribution in [3.8, 4) is 0 Å². The van der Waals surface area contributed by atoms with Crippen LogP contribution in [0.15, 0.2) is 30.3 Å². The highest BCUT2D eigenvalue weighted by atomic mass is 32.1. The van der Waals surface area contributed by atoms with E-state index in [1.54, 1.807) is 0 Å². The van der Waals surface area contributed by atoms with Crippen LogP contribution in [-0.2, 0) is 24.2 Å². The number of nitrogens with two attached hydrogens (primary N) is 1. The Hall–Kier alpha value is -1.72. The van der Waals surface area contributed by atoms with Crippen molar-refractivity contribution in [3.05, 3.63) is 51.5 Å². The number of likely N-dealkylation sites (tertiary alicyclic amines) is 1. The minimum atomic E-state index is -0.165. The first-order valence-electron chi connectivity index (χ1n) is 8.73. The lowest BCUT2D eigenvalue weighted by atomic mass is 9.85. The number of aromatic nitrogens is 1. The number of amides is 1. The summed E-state index contributed by atoms with van der Waals surface area (Å²) in [5.74, 6) is 0.474. The maximum absolute atomic E-state index is 11.3. The molecule has 4 nitrogen and oxygen atoms in total. The number of hydrogen-bond acceptors (Lipinski definition) is 4. The van der Waals surface area contributed by atoms with Crippen molar-refractivity contribution in [3.63, 3.8) is 0 Å². The highest BCUT2D eigenvalue weighted by Crippen LogP contribution is 2.36. The van der Waals surface area contributed by atoms with Crippen molar-refractivity contribution in [2.24, 2.45) is 11.7 Å². The summed E-state index contributed by atoms with van der Waals surface area (Å²) in [7, 11) is 0. The van der Waals surface area contributed by atoms with Crippen molar-refractivity contribution in [2.75, 3.05) is 13.1 Å². The van der Waals surface area contributed by atoms with Gasteiger partial charge in [0.15, 0.2) is 0 Å². The van der Waals surface area contributed by atoms with Crippen LogP contribution >= 0.6 is 11.3 Å². The van der Waals surface area contributed by atoms with Crippen LogP contribution in [0.1, 0.15) is 39.9 Å². The van der Waals surface area contributed by atoms with Gasteiger partial charge in [0, 0.05) is 11.4 Å². The van der Waals surface area contributed by atoms with Crippen LogP contribution in [0.2, 0.25) is 0 Å². The lowest BCUT2D eigenvalue weighted by molar-refractivity contribution is -0.121. The second kappa shape index (κ2) is 6.65. The van der Waals surface area contributed by atoms with Crippen LogP contribution < -0.4 is 5.73 Å². The average Bonchev–Trinajstić information content (AvgIpc) is 3.21. The third-order valence-corrected chi connectivity index (χ3v) is 6.39. The van der Waals surface area contributed by atoms with Gasteiger partial charge in [0.25, 0.3) is 0 Å². The van der Waals surface area contributed by atoms with Gasteiger partial charge in [-0.25, -0.2) is 4.98 Å². The van der Waals surface area contributed by atoms with Crippen LogP contribution in [0.25, 0.3) is 0 Å². The van der Waals surface area contributed by atoms with Gasteiger partial charge in [-0.3, -0.25) is 9.69 Å². The van der Waals surface area contributed by atoms with E-state index in [1.807, 2.05) is 11.3 Å². The lowest BCUT2D eigenvalue weighted by Gasteiger charge is -2.21. The minimum absolute atomic E-state index is 0.0158. The zero-order valence-corrected chi connectivity index (χ0v) is 14.6. The first-order chi connectivity index (χ1) is 11.7. The number of hydrogen-bond donors (Lipinski definition) is 1. The first kappa shape index (κ1) is 15.8. The van der Waals surface area contributed by atoms with Gasteiger partial charge < -0.3 is 5.73 Å². The summed E-state index contributed by atoms with van der Waals surface area (Å²) in [6.07, 6.45) is 4.26. The van der Waals surface area contributed by atoms with Crippen molar-refractivity contribution in [1.82, 2.24) is 9.88 Å². The van der Waals surface area contributed by atoms with E-state index in [4.69, 9.17) is 10.7 Å². The summed E-state index contributed by atoms with van der Waals surface area (Å²) in [5.41, 5.74) is 8.17. The van der Waals surface area contributed by atoms with Gasteiger partial charge in [-0.1, -0.05) is 30.3 Å². The summed E-state index contributed by atoms with van der Waals surface area (Å²) >= 11 is 1.86. The fourth-order valence-corrected chi connectivity index (χ4v) is 5.14. The molecule has 2 atom stereocenters. The number of benzene rings is 1. The highest BCUT2D eigenvalue weighted by Gasteiger charge is 2.28. The standard InChI is InChI=1S/C19H23N3OS/c20-19(23)15-8-9-22(11-15)12-18-21-16-7-6-14(10-17(16)24-18)13-4-2-1-3-5-13/h1-5,14-15H,6-12H2,(H2,20,23). The third-order valence-electron chi connectivity index (χ3n) is 5.29. The average molecular weight is 341 g/mol. The SMILES string of the molecule is NC(=O)C1CCN(Cc2nc3c(s2)CC(c2ccccc2)CC3)C1. The summed E-state index contributed by atoms with van der Waals surface area (Å²) < 4.78 is 0. The highest BCUT2D eigenvalue weighted by molar-refractivity contribution is 7.11. The van der Waals surface area contributed by atoms with Crippen molar-refractivity contribution < 1.29 is 4.79 Å². The number of fused-ring (bicyclic) bond motifs is 1. The molecule has 2 heterocycles. The second-order valence-electron chi connectivity index (χ2n) is 6.95. The van der Waals surface area contributed by atoms with Gasteiger partial charge in [0.2, 0.25) is 5.91 Å². The van der Waals surface area contributed by atoms with E-state index in [0.717, 1.165) is 38.9 Å². The molecule has 0 saturated carbocycles. The van der Waals surface area contributed by atoms with Crippen LogP contribution in [-0.4, -0.2) is 28.9 Å². The van der Waals surface area contributed by atoms with E-state index < -0.39 is 0 Å². The second-order valence-corrected chi connectivity index (χ2v) is 8.12. The number of nitrogens with zero attached hydrogens (tertiary/aromatic N) is 2. The first-order valence-corrected chi connectivity index (χ1v) is 9.55. The molecule has 5 heteroatoms. The Morgan fingerprint density at radius 3 is 2.88 bits per heavy atom. The zero-order chi connectivity index (χ0) is 16.5. The van der Waals surface area contributed by atoms with Gasteiger partial charge in [0.1, 0.15) is 5.01 Å². The minimum Gasteiger partial charge on any atom is -0.369 e. The van der Waals surface area contributed by atoms with Gasteiger partial charge in [-0.05, 0) is 43.7 Å². The molecule has 4 rings (SSSR count). The molecule has 2 aliphatic rings. The number of aryl methyl sites for hydroxylation is 1. The number of carbonyl (C=O) groups is 1. The summed E-state index contributed by atoms with van der Waals surface area (Å²) in [4.78, 5) is 20.0. The molecular weight excluding hydrogens is 318 g/mol. The summed E-state index contributed by atoms with van der Waals surface area (Å²) in [5, 5.41) is 1.19. The molecule has 1 saturated heterocycles. The van der Waals surface area contributed by atoms with E-state index in [1.165, 1.54) is 27.6 Å². The molecule has 2 unspecified atom stereocenters. The summed E-state index contributed by atoms with van der Waals surface area (Å²) in [6, 6.07) is 10.8. The van der Waals surface area contributed by atoms with Crippen molar-refractivity contribution >= 4 is 17.2 Å². The lowest BCUT2D eigenvalue weighted by Crippen LogP contribution is -2.27. The number of carbonyl (C=O) groups excluding carboxylic acids is 1. The number of thiazole rings is 1. The molecule has 0 radical (unpaired) electrons. The predicted octanol–water partition coefficient (Wildman–Crippen LogP) is 2.72. The normalized spacial score (nSPS) is 24.0. The molecule has 1 aliphatic carbocycles. The molecular formula is C19H23N3OS. The van der Waals surface area contributed by atoms with E-state index in [9.17, 15) is 4.79 Å². The molecule has 0 spiro atoms. The Balaban J connectivity index is 1.43. The molecule has 0 bridgehead atoms. The number of rotatable bonds is 4. The maximum Gasteiger partial charge on any atom is 0.221 e. The van der Waals surface area contributed by atoms with E-state index in [0.29, 0.717) is 5.92 Å². The van der Waals surface area contributed by atoms with Crippen LogP contribution in [0.4, 0.5) is 0 Å². The Morgan fingerprint density at radius 1 is 1.29 bits per heavy atom. The summed E-state index contributed by atoms with van der Waals surface area (Å²) in [6.45, 7) is 2.59. The fraction of sp³-hybridized carbons (Fsp3) is 0.474. The zero-order valence-electron chi connectivity index (χ0n) is 13.8. The Morgan fingerprint density at radius 2 is 2.12 bits per heavy atom. The molecule has 126 valence electrons.